The second kappa shape index (κ2) is 6.85. The van der Waals surface area contributed by atoms with Crippen LogP contribution in [0.5, 0.6) is 0 Å². The molecular weight excluding hydrogens is 120 g/mol. The summed E-state index contributed by atoms with van der Waals surface area (Å²) in [6, 6.07) is 0. The summed E-state index contributed by atoms with van der Waals surface area (Å²) in [5.41, 5.74) is 0. The maximum absolute atomic E-state index is 2.32. The molecule has 0 saturated heterocycles. The zero-order chi connectivity index (χ0) is 7.82. The van der Waals surface area contributed by atoms with Crippen LogP contribution in [0.2, 0.25) is 0 Å². The number of hydrogen-bond donors (Lipinski definition) is 0. The minimum Gasteiger partial charge on any atom is -0.0885 e. The van der Waals surface area contributed by atoms with Crippen LogP contribution in [0.3, 0.4) is 0 Å². The van der Waals surface area contributed by atoms with Crippen LogP contribution in [-0.2, 0) is 0 Å². The highest BCUT2D eigenvalue weighted by Crippen LogP contribution is 2.06. The summed E-state index contributed by atoms with van der Waals surface area (Å²) >= 11 is 0. The largest absolute Gasteiger partial charge is 0.0885 e. The van der Waals surface area contributed by atoms with Gasteiger partial charge in [-0.1, -0.05) is 45.8 Å². The lowest BCUT2D eigenvalue weighted by Gasteiger charge is -2.01. The van der Waals surface area contributed by atoms with Crippen LogP contribution in [0.4, 0.5) is 0 Å². The number of hydrogen-bond acceptors (Lipinski definition) is 0. The van der Waals surface area contributed by atoms with Crippen molar-refractivity contribution < 1.29 is 0 Å². The lowest BCUT2D eigenvalue weighted by atomic mass is 10.1. The first-order chi connectivity index (χ1) is 4.81. The van der Waals surface area contributed by atoms with Crippen molar-refractivity contribution in [2.45, 2.75) is 46.5 Å². The van der Waals surface area contributed by atoms with Gasteiger partial charge in [0.25, 0.3) is 0 Å². The lowest BCUT2D eigenvalue weighted by molar-refractivity contribution is 0.571. The Bertz CT molecular complexity index is 82.0. The summed E-state index contributed by atoms with van der Waals surface area (Å²) in [6.07, 6.45) is 9.70. The average molecular weight is 140 g/mol. The van der Waals surface area contributed by atoms with Crippen LogP contribution in [-0.4, -0.2) is 0 Å². The normalized spacial score (nSPS) is 14.3. The summed E-state index contributed by atoms with van der Waals surface area (Å²) < 4.78 is 0. The summed E-state index contributed by atoms with van der Waals surface area (Å²) in [4.78, 5) is 0. The molecule has 0 spiro atoms. The van der Waals surface area contributed by atoms with Gasteiger partial charge in [0.05, 0.1) is 0 Å². The van der Waals surface area contributed by atoms with Crippen molar-refractivity contribution in [1.82, 2.24) is 0 Å². The second-order valence-electron chi connectivity index (χ2n) is 3.01. The van der Waals surface area contributed by atoms with E-state index < -0.39 is 0 Å². The Morgan fingerprint density at radius 3 is 2.40 bits per heavy atom. The maximum atomic E-state index is 2.32. The van der Waals surface area contributed by atoms with E-state index in [0.717, 1.165) is 5.92 Å². The Morgan fingerprint density at radius 2 is 1.90 bits per heavy atom. The van der Waals surface area contributed by atoms with Crippen molar-refractivity contribution in [2.75, 3.05) is 0 Å². The van der Waals surface area contributed by atoms with Crippen LogP contribution in [0.25, 0.3) is 0 Å². The summed E-state index contributed by atoms with van der Waals surface area (Å²) in [5.74, 6) is 0.869. The molecular formula is C10H20. The molecule has 60 valence electrons. The minimum absolute atomic E-state index is 0.869. The second-order valence-corrected chi connectivity index (χ2v) is 3.01. The topological polar surface area (TPSA) is 0 Å². The first-order valence-electron chi connectivity index (χ1n) is 4.46. The van der Waals surface area contributed by atoms with Gasteiger partial charge in [-0.2, -0.15) is 0 Å². The lowest BCUT2D eigenvalue weighted by Crippen LogP contribution is -1.87. The Kier molecular flexibility index (Phi) is 6.68. The van der Waals surface area contributed by atoms with E-state index in [1.807, 2.05) is 0 Å². The highest BCUT2D eigenvalue weighted by molar-refractivity contribution is 4.82. The van der Waals surface area contributed by atoms with E-state index in [1.165, 1.54) is 25.7 Å². The first kappa shape index (κ1) is 9.74. The van der Waals surface area contributed by atoms with Crippen molar-refractivity contribution in [3.8, 4) is 0 Å². The van der Waals surface area contributed by atoms with E-state index >= 15 is 0 Å². The van der Waals surface area contributed by atoms with Crippen LogP contribution in [0.15, 0.2) is 12.2 Å². The highest BCUT2D eigenvalue weighted by atomic mass is 14.0. The average Bonchev–Trinajstić information content (AvgIpc) is 1.98. The molecule has 0 fully saturated rings. The van der Waals surface area contributed by atoms with Gasteiger partial charge in [0.1, 0.15) is 0 Å². The van der Waals surface area contributed by atoms with Crippen molar-refractivity contribution in [3.05, 3.63) is 12.2 Å². The number of rotatable bonds is 5. The van der Waals surface area contributed by atoms with Crippen LogP contribution < -0.4 is 0 Å². The minimum atomic E-state index is 0.869. The van der Waals surface area contributed by atoms with Gasteiger partial charge < -0.3 is 0 Å². The van der Waals surface area contributed by atoms with E-state index in [-0.39, 0.29) is 0 Å². The molecule has 0 amide bonds. The molecule has 0 heterocycles. The van der Waals surface area contributed by atoms with Crippen molar-refractivity contribution in [1.29, 1.82) is 0 Å². The van der Waals surface area contributed by atoms with Crippen LogP contribution in [0, 0.1) is 5.92 Å². The van der Waals surface area contributed by atoms with Gasteiger partial charge in [-0.05, 0) is 18.8 Å². The van der Waals surface area contributed by atoms with E-state index in [2.05, 4.69) is 32.9 Å². The van der Waals surface area contributed by atoms with E-state index in [0.29, 0.717) is 0 Å². The van der Waals surface area contributed by atoms with Gasteiger partial charge in [-0.15, -0.1) is 0 Å². The van der Waals surface area contributed by atoms with Crippen LogP contribution >= 0.6 is 0 Å². The first-order valence-corrected chi connectivity index (χ1v) is 4.46. The van der Waals surface area contributed by atoms with Crippen molar-refractivity contribution in [2.24, 2.45) is 5.92 Å². The zero-order valence-electron chi connectivity index (χ0n) is 7.56. The third-order valence-corrected chi connectivity index (χ3v) is 1.86. The molecule has 0 saturated carbocycles. The molecule has 0 aliphatic heterocycles. The molecule has 0 rings (SSSR count). The Balaban J connectivity index is 3.16. The van der Waals surface area contributed by atoms with Gasteiger partial charge >= 0.3 is 0 Å². The standard InChI is InChI=1S/C10H20/c1-4-6-7-8-9-10(3)5-2/h7-8,10H,4-6,9H2,1-3H3. The van der Waals surface area contributed by atoms with Gasteiger partial charge in [0, 0.05) is 0 Å². The third kappa shape index (κ3) is 5.87. The molecule has 0 bridgehead atoms. The Morgan fingerprint density at radius 1 is 1.20 bits per heavy atom. The summed E-state index contributed by atoms with van der Waals surface area (Å²) in [7, 11) is 0. The maximum Gasteiger partial charge on any atom is -0.0325 e. The van der Waals surface area contributed by atoms with Gasteiger partial charge in [0.2, 0.25) is 0 Å². The van der Waals surface area contributed by atoms with E-state index in [1.54, 1.807) is 0 Å². The van der Waals surface area contributed by atoms with E-state index in [4.69, 9.17) is 0 Å². The highest BCUT2D eigenvalue weighted by Gasteiger charge is 1.92. The number of allylic oxidation sites excluding steroid dienone is 2. The third-order valence-electron chi connectivity index (χ3n) is 1.86. The molecule has 0 N–H and O–H groups in total. The molecule has 0 aliphatic rings. The van der Waals surface area contributed by atoms with Gasteiger partial charge in [-0.25, -0.2) is 0 Å². The summed E-state index contributed by atoms with van der Waals surface area (Å²) in [6.45, 7) is 6.77. The van der Waals surface area contributed by atoms with Crippen LogP contribution in [0.1, 0.15) is 46.5 Å². The quantitative estimate of drug-likeness (QED) is 0.510. The molecule has 0 aromatic rings. The molecule has 10 heavy (non-hydrogen) atoms. The van der Waals surface area contributed by atoms with Gasteiger partial charge in [-0.3, -0.25) is 0 Å². The molecule has 0 aromatic heterocycles. The fourth-order valence-corrected chi connectivity index (χ4v) is 0.780. The Hall–Kier alpha value is -0.260. The molecule has 0 radical (unpaired) electrons. The predicted octanol–water partition coefficient (Wildman–Crippen LogP) is 3.78. The van der Waals surface area contributed by atoms with Crippen molar-refractivity contribution >= 4 is 0 Å². The summed E-state index contributed by atoms with van der Waals surface area (Å²) in [5, 5.41) is 0. The molecule has 1 atom stereocenters. The van der Waals surface area contributed by atoms with E-state index in [9.17, 15) is 0 Å². The molecule has 0 nitrogen and oxygen atoms in total. The van der Waals surface area contributed by atoms with Gasteiger partial charge in [0.15, 0.2) is 0 Å². The molecule has 0 aromatic carbocycles. The zero-order valence-corrected chi connectivity index (χ0v) is 7.56. The fourth-order valence-electron chi connectivity index (χ4n) is 0.780. The monoisotopic (exact) mass is 140 g/mol. The molecule has 0 heteroatoms. The SMILES string of the molecule is CCCC=CCC(C)CC. The smallest absolute Gasteiger partial charge is 0.0325 e. The predicted molar refractivity (Wildman–Crippen MR) is 48.1 cm³/mol. The molecule has 1 unspecified atom stereocenters. The molecule has 0 aliphatic carbocycles. The number of unbranched alkanes of at least 4 members (excludes halogenated alkanes) is 1. The van der Waals surface area contributed by atoms with Crippen molar-refractivity contribution in [3.63, 3.8) is 0 Å². The fraction of sp³-hybridized carbons (Fsp3) is 0.800. The Labute approximate surface area is 65.3 Å².